The van der Waals surface area contributed by atoms with Crippen LogP contribution in [0.3, 0.4) is 0 Å². The quantitative estimate of drug-likeness (QED) is 0.451. The fourth-order valence-electron chi connectivity index (χ4n) is 3.08. The monoisotopic (exact) mass is 397 g/mol. The van der Waals surface area contributed by atoms with Gasteiger partial charge in [0, 0.05) is 29.9 Å². The van der Waals surface area contributed by atoms with Crippen molar-refractivity contribution in [1.82, 2.24) is 5.32 Å². The number of carbonyl (C=O) groups is 3. The van der Waals surface area contributed by atoms with Crippen molar-refractivity contribution in [3.05, 3.63) is 69.8 Å². The Morgan fingerprint density at radius 1 is 1.14 bits per heavy atom. The molecular weight excluding hydrogens is 378 g/mol. The highest BCUT2D eigenvalue weighted by Crippen LogP contribution is 2.26. The minimum Gasteiger partial charge on any atom is -0.454 e. The molecule has 1 aliphatic heterocycles. The van der Waals surface area contributed by atoms with Crippen LogP contribution in [0.25, 0.3) is 0 Å². The SMILES string of the molecule is O=C(CNC(=O)c1cccc([N+](=O)[O-])c1)OCC(=O)N1CCCc2ccccc21. The van der Waals surface area contributed by atoms with Gasteiger partial charge in [-0.15, -0.1) is 0 Å². The lowest BCUT2D eigenvalue weighted by atomic mass is 10.0. The highest BCUT2D eigenvalue weighted by molar-refractivity contribution is 5.98. The molecule has 2 aromatic rings. The highest BCUT2D eigenvalue weighted by atomic mass is 16.6. The molecule has 0 aromatic heterocycles. The van der Waals surface area contributed by atoms with E-state index in [9.17, 15) is 24.5 Å². The molecule has 9 heteroatoms. The van der Waals surface area contributed by atoms with Crippen LogP contribution in [-0.2, 0) is 20.7 Å². The number of non-ortho nitro benzene ring substituents is 1. The second kappa shape index (κ2) is 8.96. The maximum atomic E-state index is 12.4. The van der Waals surface area contributed by atoms with Gasteiger partial charge in [0.2, 0.25) is 0 Å². The van der Waals surface area contributed by atoms with E-state index in [0.29, 0.717) is 6.54 Å². The predicted molar refractivity (Wildman–Crippen MR) is 104 cm³/mol. The van der Waals surface area contributed by atoms with Gasteiger partial charge in [0.25, 0.3) is 17.5 Å². The number of nitro groups is 1. The molecule has 2 aromatic carbocycles. The van der Waals surface area contributed by atoms with Crippen LogP contribution in [-0.4, -0.2) is 42.4 Å². The molecule has 0 spiro atoms. The lowest BCUT2D eigenvalue weighted by Gasteiger charge is -2.29. The zero-order valence-corrected chi connectivity index (χ0v) is 15.5. The molecule has 3 rings (SSSR count). The number of esters is 1. The van der Waals surface area contributed by atoms with Gasteiger partial charge >= 0.3 is 5.97 Å². The lowest BCUT2D eigenvalue weighted by molar-refractivity contribution is -0.384. The maximum Gasteiger partial charge on any atom is 0.325 e. The second-order valence-corrected chi connectivity index (χ2v) is 6.43. The summed E-state index contributed by atoms with van der Waals surface area (Å²) < 4.78 is 4.97. The van der Waals surface area contributed by atoms with Crippen LogP contribution in [0.1, 0.15) is 22.3 Å². The van der Waals surface area contributed by atoms with Crippen LogP contribution in [0.5, 0.6) is 0 Å². The molecule has 0 aliphatic carbocycles. The molecule has 9 nitrogen and oxygen atoms in total. The minimum absolute atomic E-state index is 0.0491. The van der Waals surface area contributed by atoms with Crippen molar-refractivity contribution in [2.24, 2.45) is 0 Å². The Hall–Kier alpha value is -3.75. The van der Waals surface area contributed by atoms with Gasteiger partial charge in [0.05, 0.1) is 4.92 Å². The molecule has 1 heterocycles. The summed E-state index contributed by atoms with van der Waals surface area (Å²) in [5, 5.41) is 13.1. The first-order valence-corrected chi connectivity index (χ1v) is 9.02. The molecule has 150 valence electrons. The number of aryl methyl sites for hydroxylation is 1. The van der Waals surface area contributed by atoms with Gasteiger partial charge in [0.15, 0.2) is 6.61 Å². The Bertz CT molecular complexity index is 959. The summed E-state index contributed by atoms with van der Waals surface area (Å²) in [6, 6.07) is 12.7. The summed E-state index contributed by atoms with van der Waals surface area (Å²) in [5.74, 6) is -1.76. The number of fused-ring (bicyclic) bond motifs is 1. The number of hydrogen-bond acceptors (Lipinski definition) is 6. The minimum atomic E-state index is -0.776. The first-order chi connectivity index (χ1) is 14.0. The molecule has 0 saturated heterocycles. The Labute approximate surface area is 166 Å². The van der Waals surface area contributed by atoms with Gasteiger partial charge in [-0.05, 0) is 30.5 Å². The van der Waals surface area contributed by atoms with Gasteiger partial charge in [-0.1, -0.05) is 24.3 Å². The molecule has 0 saturated carbocycles. The van der Waals surface area contributed by atoms with Gasteiger partial charge in [0.1, 0.15) is 6.54 Å². The number of ether oxygens (including phenoxy) is 1. The number of hydrogen-bond donors (Lipinski definition) is 1. The normalized spacial score (nSPS) is 12.6. The van der Waals surface area contributed by atoms with Crippen molar-refractivity contribution >= 4 is 29.2 Å². The largest absolute Gasteiger partial charge is 0.454 e. The fraction of sp³-hybridized carbons (Fsp3) is 0.250. The van der Waals surface area contributed by atoms with Crippen molar-refractivity contribution in [3.8, 4) is 0 Å². The number of nitrogens with one attached hydrogen (secondary N) is 1. The molecule has 0 radical (unpaired) electrons. The summed E-state index contributed by atoms with van der Waals surface area (Å²) >= 11 is 0. The fourth-order valence-corrected chi connectivity index (χ4v) is 3.08. The van der Waals surface area contributed by atoms with Crippen LogP contribution < -0.4 is 10.2 Å². The number of rotatable bonds is 6. The molecule has 0 fully saturated rings. The zero-order chi connectivity index (χ0) is 20.8. The van der Waals surface area contributed by atoms with E-state index in [4.69, 9.17) is 4.74 Å². The number of para-hydroxylation sites is 1. The first-order valence-electron chi connectivity index (χ1n) is 9.02. The molecule has 0 atom stereocenters. The highest BCUT2D eigenvalue weighted by Gasteiger charge is 2.23. The summed E-state index contributed by atoms with van der Waals surface area (Å²) in [4.78, 5) is 48.1. The van der Waals surface area contributed by atoms with E-state index in [1.165, 1.54) is 18.2 Å². The summed E-state index contributed by atoms with van der Waals surface area (Å²) in [5.41, 5.74) is 1.71. The van der Waals surface area contributed by atoms with Gasteiger partial charge < -0.3 is 15.0 Å². The van der Waals surface area contributed by atoms with E-state index in [2.05, 4.69) is 5.32 Å². The van der Waals surface area contributed by atoms with E-state index in [1.807, 2.05) is 24.3 Å². The third kappa shape index (κ3) is 4.95. The Balaban J connectivity index is 1.49. The number of benzene rings is 2. The zero-order valence-electron chi connectivity index (χ0n) is 15.5. The van der Waals surface area contributed by atoms with Crippen LogP contribution >= 0.6 is 0 Å². The summed E-state index contributed by atoms with van der Waals surface area (Å²) in [7, 11) is 0. The molecule has 2 amide bonds. The van der Waals surface area contributed by atoms with Crippen molar-refractivity contribution in [2.45, 2.75) is 12.8 Å². The Morgan fingerprint density at radius 3 is 2.72 bits per heavy atom. The van der Waals surface area contributed by atoms with Crippen LogP contribution in [0, 0.1) is 10.1 Å². The van der Waals surface area contributed by atoms with Gasteiger partial charge in [-0.25, -0.2) is 0 Å². The molecule has 0 bridgehead atoms. The number of amides is 2. The standard InChI is InChI=1S/C20H19N3O6/c24-18(22-10-4-7-14-5-1-2-9-17(14)22)13-29-19(25)12-21-20(26)15-6-3-8-16(11-15)23(27)28/h1-3,5-6,8-9,11H,4,7,10,12-13H2,(H,21,26). The predicted octanol–water partition coefficient (Wildman–Crippen LogP) is 1.85. The van der Waals surface area contributed by atoms with Crippen LogP contribution in [0.15, 0.2) is 48.5 Å². The Morgan fingerprint density at radius 2 is 1.93 bits per heavy atom. The average Bonchev–Trinajstić information content (AvgIpc) is 2.75. The molecule has 1 N–H and O–H groups in total. The Kier molecular flexibility index (Phi) is 6.18. The van der Waals surface area contributed by atoms with Crippen molar-refractivity contribution in [1.29, 1.82) is 0 Å². The second-order valence-electron chi connectivity index (χ2n) is 6.43. The smallest absolute Gasteiger partial charge is 0.325 e. The van der Waals surface area contributed by atoms with Crippen LogP contribution in [0.4, 0.5) is 11.4 Å². The number of anilines is 1. The topological polar surface area (TPSA) is 119 Å². The first kappa shape index (κ1) is 20.0. The van der Waals surface area contributed by atoms with Crippen LogP contribution in [0.2, 0.25) is 0 Å². The van der Waals surface area contributed by atoms with Crippen molar-refractivity contribution < 1.29 is 24.0 Å². The van der Waals surface area contributed by atoms with Crippen molar-refractivity contribution in [3.63, 3.8) is 0 Å². The summed E-state index contributed by atoms with van der Waals surface area (Å²) in [6.45, 7) is -0.331. The van der Waals surface area contributed by atoms with E-state index >= 15 is 0 Å². The molecule has 0 unspecified atom stereocenters. The van der Waals surface area contributed by atoms with Gasteiger partial charge in [-0.2, -0.15) is 0 Å². The molecule has 29 heavy (non-hydrogen) atoms. The van der Waals surface area contributed by atoms with Crippen molar-refractivity contribution in [2.75, 3.05) is 24.6 Å². The lowest BCUT2D eigenvalue weighted by Crippen LogP contribution is -2.39. The maximum absolute atomic E-state index is 12.4. The third-order valence-electron chi connectivity index (χ3n) is 4.48. The third-order valence-corrected chi connectivity index (χ3v) is 4.48. The number of carbonyl (C=O) groups excluding carboxylic acids is 3. The number of nitro benzene ring substituents is 1. The summed E-state index contributed by atoms with van der Waals surface area (Å²) in [6.07, 6.45) is 1.72. The average molecular weight is 397 g/mol. The number of nitrogens with zero attached hydrogens (tertiary/aromatic N) is 2. The van der Waals surface area contributed by atoms with E-state index < -0.39 is 30.0 Å². The van der Waals surface area contributed by atoms with E-state index in [-0.39, 0.29) is 17.2 Å². The van der Waals surface area contributed by atoms with E-state index in [0.717, 1.165) is 30.2 Å². The molecule has 1 aliphatic rings. The van der Waals surface area contributed by atoms with Gasteiger partial charge in [-0.3, -0.25) is 24.5 Å². The van der Waals surface area contributed by atoms with E-state index in [1.54, 1.807) is 4.90 Å². The molecular formula is C20H19N3O6.